The van der Waals surface area contributed by atoms with Crippen LogP contribution in [-0.4, -0.2) is 33.4 Å². The van der Waals surface area contributed by atoms with Gasteiger partial charge in [-0.2, -0.15) is 0 Å². The Labute approximate surface area is 144 Å². The number of aryl methyl sites for hydroxylation is 2. The predicted molar refractivity (Wildman–Crippen MR) is 96.0 cm³/mol. The molecule has 1 amide bonds. The van der Waals surface area contributed by atoms with Gasteiger partial charge in [-0.1, -0.05) is 37.3 Å². The van der Waals surface area contributed by atoms with Crippen molar-refractivity contribution in [2.45, 2.75) is 52.0 Å². The largest absolute Gasteiger partial charge is 0.342 e. The maximum Gasteiger partial charge on any atom is 0.222 e. The van der Waals surface area contributed by atoms with Crippen LogP contribution in [0.2, 0.25) is 0 Å². The van der Waals surface area contributed by atoms with Gasteiger partial charge in [0.05, 0.1) is 0 Å². The molecule has 1 fully saturated rings. The highest BCUT2D eigenvalue weighted by molar-refractivity contribution is 5.76. The summed E-state index contributed by atoms with van der Waals surface area (Å²) in [7, 11) is 0. The van der Waals surface area contributed by atoms with E-state index in [2.05, 4.69) is 35.5 Å². The van der Waals surface area contributed by atoms with Crippen LogP contribution in [0.4, 0.5) is 0 Å². The van der Waals surface area contributed by atoms with Crippen LogP contribution in [0, 0.1) is 6.92 Å². The van der Waals surface area contributed by atoms with E-state index in [0.717, 1.165) is 44.7 Å². The molecule has 1 aromatic heterocycles. The Morgan fingerprint density at radius 1 is 1.29 bits per heavy atom. The standard InChI is InChI=1S/C20H27N3O/c1-3-12-23-16(2)14-21-20(23)18-11-13-22(15-18)19(24)10-9-17-7-5-4-6-8-17/h4-8,14,18H,3,9-13,15H2,1-2H3. The van der Waals surface area contributed by atoms with Gasteiger partial charge >= 0.3 is 0 Å². The zero-order valence-electron chi connectivity index (χ0n) is 14.7. The minimum atomic E-state index is 0.270. The number of nitrogens with zero attached hydrogens (tertiary/aromatic N) is 3. The van der Waals surface area contributed by atoms with E-state index in [1.165, 1.54) is 11.3 Å². The third kappa shape index (κ3) is 3.69. The second-order valence-corrected chi connectivity index (χ2v) is 6.72. The van der Waals surface area contributed by atoms with Gasteiger partial charge in [0, 0.05) is 43.9 Å². The molecule has 0 radical (unpaired) electrons. The summed E-state index contributed by atoms with van der Waals surface area (Å²) < 4.78 is 2.32. The first kappa shape index (κ1) is 16.7. The molecule has 0 bridgehead atoms. The molecule has 1 aliphatic rings. The summed E-state index contributed by atoms with van der Waals surface area (Å²) in [6.45, 7) is 6.99. The van der Waals surface area contributed by atoms with Crippen molar-refractivity contribution in [3.8, 4) is 0 Å². The molecule has 1 aromatic carbocycles. The smallest absolute Gasteiger partial charge is 0.222 e. The first-order valence-electron chi connectivity index (χ1n) is 9.02. The van der Waals surface area contributed by atoms with Crippen molar-refractivity contribution in [1.82, 2.24) is 14.5 Å². The van der Waals surface area contributed by atoms with Crippen LogP contribution in [0.1, 0.15) is 49.2 Å². The zero-order valence-corrected chi connectivity index (χ0v) is 14.7. The van der Waals surface area contributed by atoms with Gasteiger partial charge in [0.1, 0.15) is 5.82 Å². The van der Waals surface area contributed by atoms with Gasteiger partial charge in [-0.25, -0.2) is 4.98 Å². The number of rotatable bonds is 6. The molecular weight excluding hydrogens is 298 g/mol. The van der Waals surface area contributed by atoms with E-state index in [1.807, 2.05) is 29.3 Å². The summed E-state index contributed by atoms with van der Waals surface area (Å²) in [5.41, 5.74) is 2.46. The van der Waals surface area contributed by atoms with Crippen molar-refractivity contribution >= 4 is 5.91 Å². The van der Waals surface area contributed by atoms with Gasteiger partial charge in [-0.15, -0.1) is 0 Å². The Balaban J connectivity index is 1.58. The Hall–Kier alpha value is -2.10. The first-order chi connectivity index (χ1) is 11.7. The molecule has 0 spiro atoms. The average molecular weight is 325 g/mol. The fourth-order valence-corrected chi connectivity index (χ4v) is 3.57. The number of imidazole rings is 1. The van der Waals surface area contributed by atoms with Gasteiger partial charge in [-0.05, 0) is 31.7 Å². The summed E-state index contributed by atoms with van der Waals surface area (Å²) in [5.74, 6) is 1.81. The molecule has 1 saturated heterocycles. The van der Waals surface area contributed by atoms with Crippen LogP contribution in [0.5, 0.6) is 0 Å². The van der Waals surface area contributed by atoms with Gasteiger partial charge in [0.25, 0.3) is 0 Å². The molecule has 0 saturated carbocycles. The van der Waals surface area contributed by atoms with Crippen LogP contribution in [0.15, 0.2) is 36.5 Å². The minimum Gasteiger partial charge on any atom is -0.342 e. The van der Waals surface area contributed by atoms with Crippen LogP contribution in [0.25, 0.3) is 0 Å². The van der Waals surface area contributed by atoms with E-state index in [4.69, 9.17) is 0 Å². The number of benzene rings is 1. The fourth-order valence-electron chi connectivity index (χ4n) is 3.57. The van der Waals surface area contributed by atoms with Crippen molar-refractivity contribution in [2.75, 3.05) is 13.1 Å². The lowest BCUT2D eigenvalue weighted by Gasteiger charge is -2.17. The lowest BCUT2D eigenvalue weighted by atomic mass is 10.1. The van der Waals surface area contributed by atoms with E-state index < -0.39 is 0 Å². The van der Waals surface area contributed by atoms with Crippen molar-refractivity contribution in [3.63, 3.8) is 0 Å². The molecule has 1 atom stereocenters. The molecule has 128 valence electrons. The maximum absolute atomic E-state index is 12.5. The summed E-state index contributed by atoms with van der Waals surface area (Å²) >= 11 is 0. The number of hydrogen-bond acceptors (Lipinski definition) is 2. The van der Waals surface area contributed by atoms with Crippen molar-refractivity contribution in [1.29, 1.82) is 0 Å². The topological polar surface area (TPSA) is 38.1 Å². The highest BCUT2D eigenvalue weighted by Crippen LogP contribution is 2.27. The quantitative estimate of drug-likeness (QED) is 0.814. The van der Waals surface area contributed by atoms with Crippen molar-refractivity contribution < 1.29 is 4.79 Å². The van der Waals surface area contributed by atoms with Crippen LogP contribution in [-0.2, 0) is 17.8 Å². The molecule has 0 aliphatic carbocycles. The SMILES string of the molecule is CCCn1c(C)cnc1C1CCN(C(=O)CCc2ccccc2)C1. The van der Waals surface area contributed by atoms with E-state index in [9.17, 15) is 4.79 Å². The van der Waals surface area contributed by atoms with E-state index >= 15 is 0 Å². The number of likely N-dealkylation sites (tertiary alicyclic amines) is 1. The molecule has 4 nitrogen and oxygen atoms in total. The van der Waals surface area contributed by atoms with Crippen LogP contribution in [0.3, 0.4) is 0 Å². The second kappa shape index (κ2) is 7.65. The third-order valence-electron chi connectivity index (χ3n) is 4.91. The normalized spacial score (nSPS) is 17.4. The molecular formula is C20H27N3O. The molecule has 3 rings (SSSR count). The Morgan fingerprint density at radius 2 is 2.08 bits per heavy atom. The Kier molecular flexibility index (Phi) is 5.34. The number of aromatic nitrogens is 2. The first-order valence-corrected chi connectivity index (χ1v) is 9.02. The second-order valence-electron chi connectivity index (χ2n) is 6.72. The number of carbonyl (C=O) groups is 1. The average Bonchev–Trinajstić information content (AvgIpc) is 3.22. The van der Waals surface area contributed by atoms with Gasteiger partial charge in [0.2, 0.25) is 5.91 Å². The third-order valence-corrected chi connectivity index (χ3v) is 4.91. The van der Waals surface area contributed by atoms with Gasteiger partial charge in [-0.3, -0.25) is 4.79 Å². The van der Waals surface area contributed by atoms with Crippen LogP contribution >= 0.6 is 0 Å². The molecule has 4 heteroatoms. The highest BCUT2D eigenvalue weighted by Gasteiger charge is 2.30. The predicted octanol–water partition coefficient (Wildman–Crippen LogP) is 3.55. The summed E-state index contributed by atoms with van der Waals surface area (Å²) in [5, 5.41) is 0. The fraction of sp³-hybridized carbons (Fsp3) is 0.500. The van der Waals surface area contributed by atoms with Crippen molar-refractivity contribution in [2.24, 2.45) is 0 Å². The summed E-state index contributed by atoms with van der Waals surface area (Å²) in [6, 6.07) is 10.2. The lowest BCUT2D eigenvalue weighted by molar-refractivity contribution is -0.130. The zero-order chi connectivity index (χ0) is 16.9. The molecule has 0 N–H and O–H groups in total. The molecule has 1 unspecified atom stereocenters. The van der Waals surface area contributed by atoms with E-state index in [0.29, 0.717) is 12.3 Å². The molecule has 2 aromatic rings. The number of hydrogen-bond donors (Lipinski definition) is 0. The molecule has 1 aliphatic heterocycles. The maximum atomic E-state index is 12.5. The summed E-state index contributed by atoms with van der Waals surface area (Å²) in [6.07, 6.45) is 5.52. The number of amides is 1. The molecule has 24 heavy (non-hydrogen) atoms. The van der Waals surface area contributed by atoms with Gasteiger partial charge < -0.3 is 9.47 Å². The van der Waals surface area contributed by atoms with Crippen molar-refractivity contribution in [3.05, 3.63) is 53.6 Å². The lowest BCUT2D eigenvalue weighted by Crippen LogP contribution is -2.29. The monoisotopic (exact) mass is 325 g/mol. The van der Waals surface area contributed by atoms with Crippen LogP contribution < -0.4 is 0 Å². The van der Waals surface area contributed by atoms with E-state index in [-0.39, 0.29) is 5.91 Å². The molecule has 2 heterocycles. The van der Waals surface area contributed by atoms with E-state index in [1.54, 1.807) is 0 Å². The minimum absolute atomic E-state index is 0.270. The Morgan fingerprint density at radius 3 is 2.83 bits per heavy atom. The number of carbonyl (C=O) groups excluding carboxylic acids is 1. The van der Waals surface area contributed by atoms with Gasteiger partial charge in [0.15, 0.2) is 0 Å². The highest BCUT2D eigenvalue weighted by atomic mass is 16.2. The Bertz CT molecular complexity index is 677. The summed E-state index contributed by atoms with van der Waals surface area (Å²) in [4.78, 5) is 19.2.